The maximum absolute atomic E-state index is 7.57. The first-order chi connectivity index (χ1) is 8.97. The van der Waals surface area contributed by atoms with Gasteiger partial charge in [0.1, 0.15) is 11.7 Å². The van der Waals surface area contributed by atoms with Crippen molar-refractivity contribution in [2.45, 2.75) is 25.8 Å². The van der Waals surface area contributed by atoms with Gasteiger partial charge in [-0.2, -0.15) is 0 Å². The van der Waals surface area contributed by atoms with Gasteiger partial charge in [-0.1, -0.05) is 0 Å². The molecule has 104 valence electrons. The Bertz CT molecular complexity index is 469. The summed E-state index contributed by atoms with van der Waals surface area (Å²) in [7, 11) is 4.25. The van der Waals surface area contributed by atoms with E-state index in [9.17, 15) is 0 Å². The number of hydrogen-bond donors (Lipinski definition) is 2. The lowest BCUT2D eigenvalue weighted by Crippen LogP contribution is -2.45. The van der Waals surface area contributed by atoms with Crippen LogP contribution in [0.1, 0.15) is 24.1 Å². The number of hydrogen-bond acceptors (Lipinski definition) is 4. The quantitative estimate of drug-likeness (QED) is 0.634. The van der Waals surface area contributed by atoms with Crippen molar-refractivity contribution in [3.05, 3.63) is 23.4 Å². The topological polar surface area (TPSA) is 69.2 Å². The van der Waals surface area contributed by atoms with Gasteiger partial charge < -0.3 is 15.5 Å². The van der Waals surface area contributed by atoms with Crippen molar-refractivity contribution in [2.75, 3.05) is 32.1 Å². The molecule has 0 aliphatic carbocycles. The molecule has 0 amide bonds. The predicted octanol–water partition coefficient (Wildman–Crippen LogP) is 1.20. The molecule has 3 N–H and O–H groups in total. The van der Waals surface area contributed by atoms with Crippen molar-refractivity contribution in [3.63, 3.8) is 0 Å². The van der Waals surface area contributed by atoms with E-state index in [1.54, 1.807) is 0 Å². The van der Waals surface area contributed by atoms with E-state index < -0.39 is 0 Å². The van der Waals surface area contributed by atoms with E-state index in [4.69, 9.17) is 11.1 Å². The number of nitrogen functional groups attached to an aromatic ring is 1. The van der Waals surface area contributed by atoms with Crippen molar-refractivity contribution in [3.8, 4) is 0 Å². The Labute approximate surface area is 114 Å². The highest BCUT2D eigenvalue weighted by Gasteiger charge is 2.22. The number of aromatic nitrogens is 1. The van der Waals surface area contributed by atoms with Crippen molar-refractivity contribution >= 4 is 11.7 Å². The summed E-state index contributed by atoms with van der Waals surface area (Å²) in [5, 5.41) is 7.57. The van der Waals surface area contributed by atoms with Crippen LogP contribution in [0.25, 0.3) is 0 Å². The van der Waals surface area contributed by atoms with Gasteiger partial charge in [-0.25, -0.2) is 4.98 Å². The zero-order valence-electron chi connectivity index (χ0n) is 12.0. The van der Waals surface area contributed by atoms with Gasteiger partial charge in [0.15, 0.2) is 0 Å². The average Bonchev–Trinajstić information content (AvgIpc) is 2.38. The number of nitrogens with two attached hydrogens (primary N) is 1. The minimum atomic E-state index is 0.105. The SMILES string of the molecule is Cc1cc(C(=N)N)cc(N2CCCC(N(C)C)C2)n1. The fraction of sp³-hybridized carbons (Fsp3) is 0.571. The molecule has 1 atom stereocenters. The van der Waals surface area contributed by atoms with Gasteiger partial charge >= 0.3 is 0 Å². The van der Waals surface area contributed by atoms with Crippen molar-refractivity contribution < 1.29 is 0 Å². The Balaban J connectivity index is 2.23. The molecule has 2 heterocycles. The third-order valence-electron chi connectivity index (χ3n) is 3.70. The third-order valence-corrected chi connectivity index (χ3v) is 3.70. The molecule has 0 saturated carbocycles. The lowest BCUT2D eigenvalue weighted by molar-refractivity contribution is 0.257. The molecule has 0 bridgehead atoms. The number of amidine groups is 1. The van der Waals surface area contributed by atoms with Crippen LogP contribution < -0.4 is 10.6 Å². The van der Waals surface area contributed by atoms with Gasteiger partial charge in [-0.05, 0) is 46.0 Å². The van der Waals surface area contributed by atoms with Crippen molar-refractivity contribution in [2.24, 2.45) is 5.73 Å². The maximum Gasteiger partial charge on any atom is 0.129 e. The first-order valence-electron chi connectivity index (χ1n) is 6.72. The summed E-state index contributed by atoms with van der Waals surface area (Å²) in [6.45, 7) is 3.96. The van der Waals surface area contributed by atoms with Gasteiger partial charge in [-0.3, -0.25) is 5.41 Å². The van der Waals surface area contributed by atoms with Crippen LogP contribution >= 0.6 is 0 Å². The highest BCUT2D eigenvalue weighted by molar-refractivity contribution is 5.95. The highest BCUT2D eigenvalue weighted by Crippen LogP contribution is 2.21. The van der Waals surface area contributed by atoms with Gasteiger partial charge in [0.25, 0.3) is 0 Å². The van der Waals surface area contributed by atoms with E-state index in [2.05, 4.69) is 28.9 Å². The molecule has 1 aromatic rings. The highest BCUT2D eigenvalue weighted by atomic mass is 15.2. The predicted molar refractivity (Wildman–Crippen MR) is 78.9 cm³/mol. The zero-order valence-corrected chi connectivity index (χ0v) is 12.0. The monoisotopic (exact) mass is 261 g/mol. The summed E-state index contributed by atoms with van der Waals surface area (Å²) in [4.78, 5) is 9.16. The summed E-state index contributed by atoms with van der Waals surface area (Å²) in [6, 6.07) is 4.35. The largest absolute Gasteiger partial charge is 0.384 e. The van der Waals surface area contributed by atoms with Crippen LogP contribution in [0, 0.1) is 12.3 Å². The molecular formula is C14H23N5. The van der Waals surface area contributed by atoms with Crippen LogP contribution in [0.2, 0.25) is 0 Å². The number of rotatable bonds is 3. The van der Waals surface area contributed by atoms with Crippen LogP contribution in [0.3, 0.4) is 0 Å². The molecular weight excluding hydrogens is 238 g/mol. The van der Waals surface area contributed by atoms with Crippen LogP contribution in [0.4, 0.5) is 5.82 Å². The summed E-state index contributed by atoms with van der Waals surface area (Å²) in [5.74, 6) is 1.05. The molecule has 1 fully saturated rings. The zero-order chi connectivity index (χ0) is 14.0. The molecule has 2 rings (SSSR count). The Morgan fingerprint density at radius 1 is 1.47 bits per heavy atom. The Morgan fingerprint density at radius 3 is 2.84 bits per heavy atom. The summed E-state index contributed by atoms with van der Waals surface area (Å²) < 4.78 is 0. The van der Waals surface area contributed by atoms with Crippen molar-refractivity contribution in [1.29, 1.82) is 5.41 Å². The molecule has 19 heavy (non-hydrogen) atoms. The van der Waals surface area contributed by atoms with Gasteiger partial charge in [0.2, 0.25) is 0 Å². The molecule has 0 spiro atoms. The molecule has 0 aromatic carbocycles. The second-order valence-electron chi connectivity index (χ2n) is 5.47. The van der Waals surface area contributed by atoms with Gasteiger partial charge in [0.05, 0.1) is 0 Å². The van der Waals surface area contributed by atoms with Crippen molar-refractivity contribution in [1.82, 2.24) is 9.88 Å². The molecule has 1 aromatic heterocycles. The van der Waals surface area contributed by atoms with E-state index in [-0.39, 0.29) is 5.84 Å². The van der Waals surface area contributed by atoms with Crippen LogP contribution in [-0.4, -0.2) is 48.9 Å². The number of aryl methyl sites for hydroxylation is 1. The minimum Gasteiger partial charge on any atom is -0.384 e. The Morgan fingerprint density at radius 2 is 2.21 bits per heavy atom. The fourth-order valence-electron chi connectivity index (χ4n) is 2.55. The normalized spacial score (nSPS) is 19.8. The second kappa shape index (κ2) is 5.57. The molecule has 1 saturated heterocycles. The standard InChI is InChI=1S/C14H23N5/c1-10-7-11(14(15)16)8-13(17-10)19-6-4-5-12(9-19)18(2)3/h7-8,12H,4-6,9H2,1-3H3,(H3,15,16). The smallest absolute Gasteiger partial charge is 0.129 e. The lowest BCUT2D eigenvalue weighted by Gasteiger charge is -2.37. The number of piperidine rings is 1. The number of nitrogens with zero attached hydrogens (tertiary/aromatic N) is 3. The number of likely N-dealkylation sites (N-methyl/N-ethyl adjacent to an activating group) is 1. The number of anilines is 1. The van der Waals surface area contributed by atoms with Crippen LogP contribution in [0.15, 0.2) is 12.1 Å². The minimum absolute atomic E-state index is 0.105. The van der Waals surface area contributed by atoms with Crippen LogP contribution in [0.5, 0.6) is 0 Å². The Kier molecular flexibility index (Phi) is 4.04. The maximum atomic E-state index is 7.57. The van der Waals surface area contributed by atoms with E-state index >= 15 is 0 Å². The first kappa shape index (κ1) is 13.8. The molecule has 0 radical (unpaired) electrons. The Hall–Kier alpha value is -1.62. The fourth-order valence-corrected chi connectivity index (χ4v) is 2.55. The first-order valence-corrected chi connectivity index (χ1v) is 6.72. The summed E-state index contributed by atoms with van der Waals surface area (Å²) >= 11 is 0. The molecule has 1 aliphatic heterocycles. The van der Waals surface area contributed by atoms with E-state index in [0.29, 0.717) is 6.04 Å². The van der Waals surface area contributed by atoms with Crippen LogP contribution in [-0.2, 0) is 0 Å². The molecule has 5 heteroatoms. The van der Waals surface area contributed by atoms with E-state index in [1.807, 2.05) is 19.1 Å². The third kappa shape index (κ3) is 3.23. The summed E-state index contributed by atoms with van der Waals surface area (Å²) in [5.41, 5.74) is 7.26. The summed E-state index contributed by atoms with van der Waals surface area (Å²) in [6.07, 6.45) is 2.41. The second-order valence-corrected chi connectivity index (χ2v) is 5.47. The average molecular weight is 261 g/mol. The molecule has 1 unspecified atom stereocenters. The van der Waals surface area contributed by atoms with Gasteiger partial charge in [0, 0.05) is 30.4 Å². The van der Waals surface area contributed by atoms with E-state index in [1.165, 1.54) is 12.8 Å². The van der Waals surface area contributed by atoms with E-state index in [0.717, 1.165) is 30.2 Å². The van der Waals surface area contributed by atoms with Gasteiger partial charge in [-0.15, -0.1) is 0 Å². The molecule has 5 nitrogen and oxygen atoms in total. The molecule has 1 aliphatic rings. The lowest BCUT2D eigenvalue weighted by atomic mass is 10.0. The number of nitrogens with one attached hydrogen (secondary N) is 1. The number of pyridine rings is 1.